The van der Waals surface area contributed by atoms with Crippen LogP contribution in [0.1, 0.15) is 32.3 Å². The first-order valence-corrected chi connectivity index (χ1v) is 10.2. The number of nitrogens with one attached hydrogen (secondary N) is 3. The molecule has 1 aromatic rings. The molecule has 0 aliphatic carbocycles. The molecule has 3 N–H and O–H groups in total. The molecular formula is C21H36N4O3. The fourth-order valence-corrected chi connectivity index (χ4v) is 2.35. The van der Waals surface area contributed by atoms with E-state index in [2.05, 4.69) is 40.0 Å². The maximum Gasteiger partial charge on any atom is 0.241 e. The predicted octanol–water partition coefficient (Wildman–Crippen LogP) is 1.73. The number of unbranched alkanes of at least 4 members (excludes halogenated alkanes) is 1. The van der Waals surface area contributed by atoms with E-state index in [1.165, 1.54) is 5.56 Å². The van der Waals surface area contributed by atoms with Gasteiger partial charge in [0, 0.05) is 26.2 Å². The smallest absolute Gasteiger partial charge is 0.241 e. The summed E-state index contributed by atoms with van der Waals surface area (Å²) in [7, 11) is 0. The second kappa shape index (κ2) is 17.0. The average molecular weight is 393 g/mol. The van der Waals surface area contributed by atoms with E-state index in [-0.39, 0.29) is 12.5 Å². The summed E-state index contributed by atoms with van der Waals surface area (Å²) in [5.41, 5.74) is 1.21. The van der Waals surface area contributed by atoms with Gasteiger partial charge >= 0.3 is 0 Å². The second-order valence-electron chi connectivity index (χ2n) is 6.29. The van der Waals surface area contributed by atoms with Gasteiger partial charge in [-0.1, -0.05) is 43.7 Å². The highest BCUT2D eigenvalue weighted by Gasteiger charge is 2.02. The van der Waals surface area contributed by atoms with Crippen molar-refractivity contribution >= 4 is 11.9 Å². The summed E-state index contributed by atoms with van der Waals surface area (Å²) in [6.07, 6.45) is 3.04. The van der Waals surface area contributed by atoms with Crippen molar-refractivity contribution in [3.05, 3.63) is 35.9 Å². The molecule has 0 aliphatic rings. The number of carbonyl (C=O) groups excluding carboxylic acids is 1. The molecule has 0 saturated carbocycles. The number of aliphatic imine (C=N–C) groups is 1. The lowest BCUT2D eigenvalue weighted by Gasteiger charge is -2.11. The third kappa shape index (κ3) is 13.1. The standard InChI is InChI=1S/C21H36N4O3/c1-3-5-14-27-16-17-28-15-13-24-21(22-4-2)25-18-20(26)23-12-11-19-9-7-6-8-10-19/h6-10H,3-5,11-18H2,1-2H3,(H,23,26)(H2,22,24,25). The number of carbonyl (C=O) groups is 1. The molecule has 28 heavy (non-hydrogen) atoms. The SMILES string of the molecule is CCCCOCCOCCNC(=NCC(=O)NCCc1ccccc1)NCC. The Morgan fingerprint density at radius 2 is 1.68 bits per heavy atom. The van der Waals surface area contributed by atoms with Gasteiger partial charge in [0.2, 0.25) is 5.91 Å². The van der Waals surface area contributed by atoms with Crippen molar-refractivity contribution in [3.8, 4) is 0 Å². The number of ether oxygens (including phenoxy) is 2. The minimum atomic E-state index is -0.0892. The van der Waals surface area contributed by atoms with Crippen LogP contribution in [0.4, 0.5) is 0 Å². The van der Waals surface area contributed by atoms with Gasteiger partial charge in [0.05, 0.1) is 19.8 Å². The number of hydrogen-bond acceptors (Lipinski definition) is 4. The molecule has 0 unspecified atom stereocenters. The number of hydrogen-bond donors (Lipinski definition) is 3. The average Bonchev–Trinajstić information content (AvgIpc) is 2.71. The highest BCUT2D eigenvalue weighted by Crippen LogP contribution is 1.98. The fourth-order valence-electron chi connectivity index (χ4n) is 2.35. The molecule has 0 bridgehead atoms. The van der Waals surface area contributed by atoms with E-state index in [4.69, 9.17) is 9.47 Å². The molecule has 0 spiro atoms. The molecule has 0 radical (unpaired) electrons. The van der Waals surface area contributed by atoms with Gasteiger partial charge in [-0.3, -0.25) is 4.79 Å². The number of guanidine groups is 1. The lowest BCUT2D eigenvalue weighted by Crippen LogP contribution is -2.40. The Balaban J connectivity index is 2.13. The van der Waals surface area contributed by atoms with Crippen molar-refractivity contribution < 1.29 is 14.3 Å². The van der Waals surface area contributed by atoms with Gasteiger partial charge in [0.1, 0.15) is 6.54 Å². The first kappa shape index (κ1) is 23.9. The van der Waals surface area contributed by atoms with Gasteiger partial charge in [-0.05, 0) is 25.3 Å². The topological polar surface area (TPSA) is 84.0 Å². The molecule has 0 aliphatic heterocycles. The van der Waals surface area contributed by atoms with Crippen LogP contribution in [0.3, 0.4) is 0 Å². The molecule has 158 valence electrons. The molecular weight excluding hydrogens is 356 g/mol. The molecule has 7 nitrogen and oxygen atoms in total. The van der Waals surface area contributed by atoms with Gasteiger partial charge in [-0.25, -0.2) is 4.99 Å². The summed E-state index contributed by atoms with van der Waals surface area (Å²) in [5, 5.41) is 9.18. The Kier molecular flexibility index (Phi) is 14.5. The minimum Gasteiger partial charge on any atom is -0.379 e. The lowest BCUT2D eigenvalue weighted by molar-refractivity contribution is -0.119. The van der Waals surface area contributed by atoms with E-state index < -0.39 is 0 Å². The van der Waals surface area contributed by atoms with Crippen molar-refractivity contribution in [3.63, 3.8) is 0 Å². The lowest BCUT2D eigenvalue weighted by atomic mass is 10.1. The van der Waals surface area contributed by atoms with E-state index in [0.29, 0.717) is 38.9 Å². The third-order valence-corrected chi connectivity index (χ3v) is 3.86. The maximum absolute atomic E-state index is 12.0. The van der Waals surface area contributed by atoms with Crippen molar-refractivity contribution in [2.75, 3.05) is 52.6 Å². The summed E-state index contributed by atoms with van der Waals surface area (Å²) >= 11 is 0. The summed E-state index contributed by atoms with van der Waals surface area (Å²) < 4.78 is 11.0. The largest absolute Gasteiger partial charge is 0.379 e. The number of benzene rings is 1. The highest BCUT2D eigenvalue weighted by molar-refractivity contribution is 5.84. The normalized spacial score (nSPS) is 11.3. The van der Waals surface area contributed by atoms with Crippen molar-refractivity contribution in [1.82, 2.24) is 16.0 Å². The van der Waals surface area contributed by atoms with Crippen LogP contribution in [0.25, 0.3) is 0 Å². The Labute approximate surface area is 169 Å². The van der Waals surface area contributed by atoms with Crippen LogP contribution in [0.2, 0.25) is 0 Å². The van der Waals surface area contributed by atoms with Gasteiger partial charge in [-0.2, -0.15) is 0 Å². The van der Waals surface area contributed by atoms with Crippen LogP contribution in [-0.2, 0) is 20.7 Å². The zero-order valence-electron chi connectivity index (χ0n) is 17.3. The number of nitrogens with zero attached hydrogens (tertiary/aromatic N) is 1. The molecule has 1 amide bonds. The quantitative estimate of drug-likeness (QED) is 0.241. The Bertz CT molecular complexity index is 538. The summed E-state index contributed by atoms with van der Waals surface area (Å²) in [6.45, 7) is 8.75. The Morgan fingerprint density at radius 3 is 2.39 bits per heavy atom. The predicted molar refractivity (Wildman–Crippen MR) is 114 cm³/mol. The molecule has 0 fully saturated rings. The van der Waals surface area contributed by atoms with E-state index in [1.54, 1.807) is 0 Å². The zero-order chi connectivity index (χ0) is 20.3. The van der Waals surface area contributed by atoms with Crippen LogP contribution in [0.15, 0.2) is 35.3 Å². The number of rotatable bonds is 15. The van der Waals surface area contributed by atoms with E-state index >= 15 is 0 Å². The van der Waals surface area contributed by atoms with Crippen LogP contribution in [0, 0.1) is 0 Å². The summed E-state index contributed by atoms with van der Waals surface area (Å²) in [5.74, 6) is 0.525. The third-order valence-electron chi connectivity index (χ3n) is 3.86. The van der Waals surface area contributed by atoms with Gasteiger partial charge in [0.15, 0.2) is 5.96 Å². The molecule has 0 aromatic heterocycles. The van der Waals surface area contributed by atoms with Crippen molar-refractivity contribution in [1.29, 1.82) is 0 Å². The van der Waals surface area contributed by atoms with Gasteiger partial charge in [0.25, 0.3) is 0 Å². The molecule has 1 rings (SSSR count). The monoisotopic (exact) mass is 392 g/mol. The van der Waals surface area contributed by atoms with Crippen LogP contribution in [-0.4, -0.2) is 64.5 Å². The molecule has 7 heteroatoms. The van der Waals surface area contributed by atoms with Crippen LogP contribution >= 0.6 is 0 Å². The Morgan fingerprint density at radius 1 is 0.929 bits per heavy atom. The maximum atomic E-state index is 12.0. The zero-order valence-corrected chi connectivity index (χ0v) is 17.3. The summed E-state index contributed by atoms with van der Waals surface area (Å²) in [6, 6.07) is 10.1. The van der Waals surface area contributed by atoms with E-state index in [1.807, 2.05) is 25.1 Å². The first-order chi connectivity index (χ1) is 13.8. The fraction of sp³-hybridized carbons (Fsp3) is 0.619. The molecule has 0 atom stereocenters. The Hall–Kier alpha value is -2.12. The highest BCUT2D eigenvalue weighted by atomic mass is 16.5. The second-order valence-corrected chi connectivity index (χ2v) is 6.29. The minimum absolute atomic E-state index is 0.0892. The summed E-state index contributed by atoms with van der Waals surface area (Å²) in [4.78, 5) is 16.3. The van der Waals surface area contributed by atoms with Crippen LogP contribution < -0.4 is 16.0 Å². The molecule has 0 saturated heterocycles. The van der Waals surface area contributed by atoms with E-state index in [9.17, 15) is 4.79 Å². The first-order valence-electron chi connectivity index (χ1n) is 10.2. The number of amides is 1. The van der Waals surface area contributed by atoms with Crippen molar-refractivity contribution in [2.24, 2.45) is 4.99 Å². The van der Waals surface area contributed by atoms with Gasteiger partial charge < -0.3 is 25.4 Å². The van der Waals surface area contributed by atoms with Crippen molar-refractivity contribution in [2.45, 2.75) is 33.1 Å². The molecule has 0 heterocycles. The van der Waals surface area contributed by atoms with Gasteiger partial charge in [-0.15, -0.1) is 0 Å². The van der Waals surface area contributed by atoms with E-state index in [0.717, 1.165) is 32.4 Å². The molecule has 1 aromatic carbocycles. The van der Waals surface area contributed by atoms with Crippen LogP contribution in [0.5, 0.6) is 0 Å².